The molecule has 3 heteroatoms. The Balaban J connectivity index is 2.44. The molecule has 1 aliphatic rings. The van der Waals surface area contributed by atoms with Crippen LogP contribution in [0.4, 0.5) is 0 Å². The van der Waals surface area contributed by atoms with E-state index < -0.39 is 0 Å². The first kappa shape index (κ1) is 15.5. The third kappa shape index (κ3) is 4.27. The van der Waals surface area contributed by atoms with Crippen molar-refractivity contribution in [2.45, 2.75) is 77.8 Å². The minimum atomic E-state index is -0.301. The van der Waals surface area contributed by atoms with E-state index in [-0.39, 0.29) is 11.9 Å². The van der Waals surface area contributed by atoms with Crippen LogP contribution >= 0.6 is 0 Å². The van der Waals surface area contributed by atoms with Gasteiger partial charge in [0.15, 0.2) is 0 Å². The molecule has 3 nitrogen and oxygen atoms in total. The summed E-state index contributed by atoms with van der Waals surface area (Å²) in [5.74, 6) is 0.133. The molecule has 0 radical (unpaired) electrons. The fourth-order valence-electron chi connectivity index (χ4n) is 2.76. The molecule has 0 spiro atoms. The largest absolute Gasteiger partial charge is 0.341 e. The predicted molar refractivity (Wildman–Crippen MR) is 76.3 cm³/mol. The van der Waals surface area contributed by atoms with E-state index in [1.54, 1.807) is 0 Å². The normalized spacial score (nSPS) is 21.6. The molecule has 0 saturated heterocycles. The van der Waals surface area contributed by atoms with Gasteiger partial charge in [-0.3, -0.25) is 4.79 Å². The van der Waals surface area contributed by atoms with Crippen molar-refractivity contribution in [1.29, 1.82) is 0 Å². The SMILES string of the molecule is CCCC[C@H](N)C(=O)N(C)C1CCC(C)(C)CC1. The molecular formula is C15H30N2O. The maximum absolute atomic E-state index is 12.2. The third-order valence-corrected chi connectivity index (χ3v) is 4.39. The molecule has 2 N–H and O–H groups in total. The summed E-state index contributed by atoms with van der Waals surface area (Å²) in [5.41, 5.74) is 6.42. The van der Waals surface area contributed by atoms with Gasteiger partial charge < -0.3 is 10.6 Å². The van der Waals surface area contributed by atoms with Crippen LogP contribution in [0.25, 0.3) is 0 Å². The van der Waals surface area contributed by atoms with Gasteiger partial charge in [0.05, 0.1) is 6.04 Å². The summed E-state index contributed by atoms with van der Waals surface area (Å²) in [6.45, 7) is 6.76. The van der Waals surface area contributed by atoms with Crippen molar-refractivity contribution in [3.63, 3.8) is 0 Å². The zero-order chi connectivity index (χ0) is 13.8. The van der Waals surface area contributed by atoms with Gasteiger partial charge in [0.25, 0.3) is 0 Å². The van der Waals surface area contributed by atoms with E-state index >= 15 is 0 Å². The number of nitrogens with two attached hydrogens (primary N) is 1. The second kappa shape index (κ2) is 6.55. The fourth-order valence-corrected chi connectivity index (χ4v) is 2.76. The first-order chi connectivity index (χ1) is 8.37. The smallest absolute Gasteiger partial charge is 0.239 e. The summed E-state index contributed by atoms with van der Waals surface area (Å²) >= 11 is 0. The minimum Gasteiger partial charge on any atom is -0.341 e. The minimum absolute atomic E-state index is 0.133. The summed E-state index contributed by atoms with van der Waals surface area (Å²) in [7, 11) is 1.93. The highest BCUT2D eigenvalue weighted by Gasteiger charge is 2.31. The van der Waals surface area contributed by atoms with Crippen LogP contribution in [0.15, 0.2) is 0 Å². The summed E-state index contributed by atoms with van der Waals surface area (Å²) in [5, 5.41) is 0. The maximum atomic E-state index is 12.2. The van der Waals surface area contributed by atoms with Gasteiger partial charge in [-0.15, -0.1) is 0 Å². The van der Waals surface area contributed by atoms with Crippen LogP contribution in [0.1, 0.15) is 65.7 Å². The van der Waals surface area contributed by atoms with Crippen LogP contribution in [0, 0.1) is 5.41 Å². The Labute approximate surface area is 112 Å². The molecule has 0 aromatic carbocycles. The van der Waals surface area contributed by atoms with E-state index in [4.69, 9.17) is 5.73 Å². The van der Waals surface area contributed by atoms with Gasteiger partial charge in [-0.25, -0.2) is 0 Å². The zero-order valence-electron chi connectivity index (χ0n) is 12.5. The highest BCUT2D eigenvalue weighted by molar-refractivity contribution is 5.81. The van der Waals surface area contributed by atoms with Gasteiger partial charge in [0, 0.05) is 13.1 Å². The van der Waals surface area contributed by atoms with Crippen LogP contribution in [-0.2, 0) is 4.79 Å². The summed E-state index contributed by atoms with van der Waals surface area (Å²) in [6, 6.07) is 0.100. The van der Waals surface area contributed by atoms with Crippen molar-refractivity contribution < 1.29 is 4.79 Å². The number of unbranched alkanes of at least 4 members (excludes halogenated alkanes) is 1. The highest BCUT2D eigenvalue weighted by Crippen LogP contribution is 2.36. The number of nitrogens with zero attached hydrogens (tertiary/aromatic N) is 1. The molecule has 106 valence electrons. The molecule has 0 unspecified atom stereocenters. The number of hydrogen-bond acceptors (Lipinski definition) is 2. The molecule has 18 heavy (non-hydrogen) atoms. The number of carbonyl (C=O) groups is 1. The maximum Gasteiger partial charge on any atom is 0.239 e. The first-order valence-corrected chi connectivity index (χ1v) is 7.39. The number of amides is 1. The highest BCUT2D eigenvalue weighted by atomic mass is 16.2. The molecule has 0 bridgehead atoms. The molecule has 1 amide bonds. The van der Waals surface area contributed by atoms with Crippen LogP contribution in [-0.4, -0.2) is 29.9 Å². The van der Waals surface area contributed by atoms with Gasteiger partial charge in [-0.05, 0) is 37.5 Å². The van der Waals surface area contributed by atoms with E-state index in [0.29, 0.717) is 11.5 Å². The van der Waals surface area contributed by atoms with Crippen molar-refractivity contribution in [2.24, 2.45) is 11.1 Å². The fraction of sp³-hybridized carbons (Fsp3) is 0.933. The van der Waals surface area contributed by atoms with Crippen molar-refractivity contribution in [2.75, 3.05) is 7.05 Å². The quantitative estimate of drug-likeness (QED) is 0.820. The Kier molecular flexibility index (Phi) is 5.64. The number of rotatable bonds is 5. The van der Waals surface area contributed by atoms with Crippen molar-refractivity contribution in [3.8, 4) is 0 Å². The lowest BCUT2D eigenvalue weighted by molar-refractivity contribution is -0.134. The van der Waals surface area contributed by atoms with Crippen LogP contribution < -0.4 is 5.73 Å². The van der Waals surface area contributed by atoms with Gasteiger partial charge in [0.1, 0.15) is 0 Å². The number of hydrogen-bond donors (Lipinski definition) is 1. The Bertz CT molecular complexity index is 266. The lowest BCUT2D eigenvalue weighted by Gasteiger charge is -2.39. The molecule has 1 rings (SSSR count). The summed E-state index contributed by atoms with van der Waals surface area (Å²) in [6.07, 6.45) is 7.61. The van der Waals surface area contributed by atoms with Gasteiger partial charge in [0.2, 0.25) is 5.91 Å². The third-order valence-electron chi connectivity index (χ3n) is 4.39. The monoisotopic (exact) mass is 254 g/mol. The number of carbonyl (C=O) groups excluding carboxylic acids is 1. The molecule has 0 aromatic heterocycles. The summed E-state index contributed by atoms with van der Waals surface area (Å²) < 4.78 is 0. The first-order valence-electron chi connectivity index (χ1n) is 7.39. The second-order valence-corrected chi connectivity index (χ2v) is 6.59. The van der Waals surface area contributed by atoms with E-state index in [1.807, 2.05) is 11.9 Å². The Hall–Kier alpha value is -0.570. The Morgan fingerprint density at radius 2 is 1.94 bits per heavy atom. The van der Waals surface area contributed by atoms with Crippen molar-refractivity contribution in [3.05, 3.63) is 0 Å². The average molecular weight is 254 g/mol. The lowest BCUT2D eigenvalue weighted by atomic mass is 9.75. The average Bonchev–Trinajstić information content (AvgIpc) is 2.34. The van der Waals surface area contributed by atoms with Crippen LogP contribution in [0.2, 0.25) is 0 Å². The lowest BCUT2D eigenvalue weighted by Crippen LogP contribution is -2.48. The predicted octanol–water partition coefficient (Wildman–Crippen LogP) is 2.93. The molecule has 0 aromatic rings. The van der Waals surface area contributed by atoms with Crippen LogP contribution in [0.3, 0.4) is 0 Å². The zero-order valence-corrected chi connectivity index (χ0v) is 12.5. The molecule has 0 heterocycles. The van der Waals surface area contributed by atoms with E-state index in [2.05, 4.69) is 20.8 Å². The Morgan fingerprint density at radius 1 is 1.39 bits per heavy atom. The molecule has 1 fully saturated rings. The van der Waals surface area contributed by atoms with Gasteiger partial charge >= 0.3 is 0 Å². The standard InChI is InChI=1S/C15H30N2O/c1-5-6-7-13(16)14(18)17(4)12-8-10-15(2,3)11-9-12/h12-13H,5-11,16H2,1-4H3/t13-/m0/s1. The molecule has 1 atom stereocenters. The molecule has 0 aliphatic heterocycles. The van der Waals surface area contributed by atoms with Crippen molar-refractivity contribution in [1.82, 2.24) is 4.90 Å². The topological polar surface area (TPSA) is 46.3 Å². The van der Waals surface area contributed by atoms with E-state index in [1.165, 1.54) is 12.8 Å². The second-order valence-electron chi connectivity index (χ2n) is 6.59. The van der Waals surface area contributed by atoms with E-state index in [0.717, 1.165) is 32.1 Å². The molecular weight excluding hydrogens is 224 g/mol. The van der Waals surface area contributed by atoms with E-state index in [9.17, 15) is 4.79 Å². The van der Waals surface area contributed by atoms with Gasteiger partial charge in [-0.1, -0.05) is 33.6 Å². The molecule has 1 aliphatic carbocycles. The van der Waals surface area contributed by atoms with Gasteiger partial charge in [-0.2, -0.15) is 0 Å². The Morgan fingerprint density at radius 3 is 2.44 bits per heavy atom. The molecule has 1 saturated carbocycles. The number of likely N-dealkylation sites (N-methyl/N-ethyl adjacent to an activating group) is 1. The summed E-state index contributed by atoms with van der Waals surface area (Å²) in [4.78, 5) is 14.1. The van der Waals surface area contributed by atoms with Crippen LogP contribution in [0.5, 0.6) is 0 Å². The van der Waals surface area contributed by atoms with Crippen molar-refractivity contribution >= 4 is 5.91 Å².